The maximum absolute atomic E-state index is 11.7. The summed E-state index contributed by atoms with van der Waals surface area (Å²) in [6, 6.07) is 5.13. The Morgan fingerprint density at radius 2 is 2.06 bits per heavy atom. The normalized spacial score (nSPS) is 14.2. The molecule has 0 bridgehead atoms. The molecule has 1 heterocycles. The van der Waals surface area contributed by atoms with Crippen LogP contribution in [0.1, 0.15) is 23.7 Å². The van der Waals surface area contributed by atoms with Crippen molar-refractivity contribution in [2.45, 2.75) is 13.3 Å². The van der Waals surface area contributed by atoms with Crippen LogP contribution in [0.15, 0.2) is 18.2 Å². The standard InChI is InChI=1S/C12H13NO3/c1-3-6-13-10-5-4-8(16-2)7-9(10)11(14)12(13)15/h4-5,7H,3,6H2,1-2H3. The van der Waals surface area contributed by atoms with Crippen molar-refractivity contribution in [1.29, 1.82) is 0 Å². The highest BCUT2D eigenvalue weighted by Gasteiger charge is 2.35. The molecule has 16 heavy (non-hydrogen) atoms. The largest absolute Gasteiger partial charge is 0.497 e. The molecule has 1 aliphatic heterocycles. The second kappa shape index (κ2) is 3.96. The number of benzene rings is 1. The zero-order valence-corrected chi connectivity index (χ0v) is 9.32. The van der Waals surface area contributed by atoms with E-state index in [1.54, 1.807) is 18.2 Å². The zero-order valence-electron chi connectivity index (χ0n) is 9.32. The Hall–Kier alpha value is -1.84. The molecule has 0 radical (unpaired) electrons. The van der Waals surface area contributed by atoms with Gasteiger partial charge in [-0.05, 0) is 24.6 Å². The maximum Gasteiger partial charge on any atom is 0.299 e. The summed E-state index contributed by atoms with van der Waals surface area (Å²) in [6.45, 7) is 2.54. The van der Waals surface area contributed by atoms with Crippen molar-refractivity contribution < 1.29 is 14.3 Å². The predicted octanol–water partition coefficient (Wildman–Crippen LogP) is 1.63. The van der Waals surface area contributed by atoms with Gasteiger partial charge in [0.25, 0.3) is 11.7 Å². The maximum atomic E-state index is 11.7. The number of methoxy groups -OCH3 is 1. The number of amides is 1. The van der Waals surface area contributed by atoms with Crippen LogP contribution in [-0.4, -0.2) is 25.3 Å². The number of anilines is 1. The number of ketones is 1. The first-order valence-corrected chi connectivity index (χ1v) is 5.23. The van der Waals surface area contributed by atoms with E-state index in [1.807, 2.05) is 6.92 Å². The molecular weight excluding hydrogens is 206 g/mol. The smallest absolute Gasteiger partial charge is 0.299 e. The van der Waals surface area contributed by atoms with Gasteiger partial charge in [0, 0.05) is 6.54 Å². The van der Waals surface area contributed by atoms with Crippen LogP contribution in [0.3, 0.4) is 0 Å². The Morgan fingerprint density at radius 3 is 2.69 bits per heavy atom. The van der Waals surface area contributed by atoms with Gasteiger partial charge < -0.3 is 9.64 Å². The number of nitrogens with zero attached hydrogens (tertiary/aromatic N) is 1. The van der Waals surface area contributed by atoms with Crippen molar-refractivity contribution in [2.75, 3.05) is 18.6 Å². The number of hydrogen-bond acceptors (Lipinski definition) is 3. The van der Waals surface area contributed by atoms with E-state index in [0.717, 1.165) is 6.42 Å². The molecule has 0 aromatic heterocycles. The van der Waals surface area contributed by atoms with Crippen LogP contribution >= 0.6 is 0 Å². The van der Waals surface area contributed by atoms with Crippen LogP contribution in [0.2, 0.25) is 0 Å². The van der Waals surface area contributed by atoms with Crippen molar-refractivity contribution in [1.82, 2.24) is 0 Å². The van der Waals surface area contributed by atoms with E-state index in [-0.39, 0.29) is 0 Å². The van der Waals surface area contributed by atoms with Crippen molar-refractivity contribution in [2.24, 2.45) is 0 Å². The van der Waals surface area contributed by atoms with Crippen LogP contribution in [-0.2, 0) is 4.79 Å². The Bertz CT molecular complexity index is 454. The molecule has 84 valence electrons. The van der Waals surface area contributed by atoms with E-state index in [0.29, 0.717) is 23.5 Å². The van der Waals surface area contributed by atoms with Crippen molar-refractivity contribution in [3.63, 3.8) is 0 Å². The highest BCUT2D eigenvalue weighted by molar-refractivity contribution is 6.52. The van der Waals surface area contributed by atoms with Crippen molar-refractivity contribution in [3.05, 3.63) is 23.8 Å². The monoisotopic (exact) mass is 219 g/mol. The first-order chi connectivity index (χ1) is 7.69. The van der Waals surface area contributed by atoms with Crippen LogP contribution in [0.25, 0.3) is 0 Å². The number of carbonyl (C=O) groups excluding carboxylic acids is 2. The lowest BCUT2D eigenvalue weighted by Gasteiger charge is -2.14. The lowest BCUT2D eigenvalue weighted by atomic mass is 10.1. The van der Waals surface area contributed by atoms with Gasteiger partial charge >= 0.3 is 0 Å². The Kier molecular flexibility index (Phi) is 2.64. The predicted molar refractivity (Wildman–Crippen MR) is 60.0 cm³/mol. The molecular formula is C12H13NO3. The molecule has 1 aliphatic rings. The van der Waals surface area contributed by atoms with Gasteiger partial charge in [-0.3, -0.25) is 9.59 Å². The second-order valence-corrected chi connectivity index (χ2v) is 3.67. The molecule has 2 rings (SSSR count). The summed E-state index contributed by atoms with van der Waals surface area (Å²) in [5.74, 6) is -0.286. The summed E-state index contributed by atoms with van der Waals surface area (Å²) in [7, 11) is 1.53. The van der Waals surface area contributed by atoms with Crippen LogP contribution in [0.5, 0.6) is 5.75 Å². The first-order valence-electron chi connectivity index (χ1n) is 5.23. The highest BCUT2D eigenvalue weighted by atomic mass is 16.5. The van der Waals surface area contributed by atoms with E-state index >= 15 is 0 Å². The van der Waals surface area contributed by atoms with Gasteiger partial charge in [-0.15, -0.1) is 0 Å². The summed E-state index contributed by atoms with van der Waals surface area (Å²) in [4.78, 5) is 24.9. The average molecular weight is 219 g/mol. The molecule has 0 saturated carbocycles. The van der Waals surface area contributed by atoms with E-state index in [4.69, 9.17) is 4.74 Å². The molecule has 0 saturated heterocycles. The summed E-state index contributed by atoms with van der Waals surface area (Å²) in [6.07, 6.45) is 0.824. The van der Waals surface area contributed by atoms with Gasteiger partial charge in [-0.1, -0.05) is 6.92 Å². The Labute approximate surface area is 93.8 Å². The molecule has 1 amide bonds. The number of rotatable bonds is 3. The number of ether oxygens (including phenoxy) is 1. The van der Waals surface area contributed by atoms with E-state index < -0.39 is 11.7 Å². The van der Waals surface area contributed by atoms with E-state index in [9.17, 15) is 9.59 Å². The van der Waals surface area contributed by atoms with Gasteiger partial charge in [0.15, 0.2) is 0 Å². The summed E-state index contributed by atoms with van der Waals surface area (Å²) >= 11 is 0. The first kappa shape index (κ1) is 10.7. The minimum absolute atomic E-state index is 0.440. The molecule has 1 aromatic rings. The Balaban J connectivity index is 2.47. The van der Waals surface area contributed by atoms with Gasteiger partial charge in [0.05, 0.1) is 18.4 Å². The fraction of sp³-hybridized carbons (Fsp3) is 0.333. The fourth-order valence-corrected chi connectivity index (χ4v) is 1.85. The number of hydrogen-bond donors (Lipinski definition) is 0. The molecule has 1 aromatic carbocycles. The molecule has 4 nitrogen and oxygen atoms in total. The summed E-state index contributed by atoms with van der Waals surface area (Å²) in [5.41, 5.74) is 1.13. The zero-order chi connectivity index (χ0) is 11.7. The minimum atomic E-state index is -0.442. The van der Waals surface area contributed by atoms with Crippen LogP contribution in [0.4, 0.5) is 5.69 Å². The third kappa shape index (κ3) is 1.46. The third-order valence-corrected chi connectivity index (χ3v) is 2.63. The van der Waals surface area contributed by atoms with Gasteiger partial charge in [0.1, 0.15) is 5.75 Å². The van der Waals surface area contributed by atoms with Crippen LogP contribution < -0.4 is 9.64 Å². The van der Waals surface area contributed by atoms with Gasteiger partial charge in [0.2, 0.25) is 0 Å². The second-order valence-electron chi connectivity index (χ2n) is 3.67. The molecule has 0 fully saturated rings. The summed E-state index contributed by atoms with van der Waals surface area (Å²) in [5, 5.41) is 0. The minimum Gasteiger partial charge on any atom is -0.497 e. The molecule has 0 unspecified atom stereocenters. The van der Waals surface area contributed by atoms with Gasteiger partial charge in [-0.25, -0.2) is 0 Å². The molecule has 0 atom stereocenters. The summed E-state index contributed by atoms with van der Waals surface area (Å²) < 4.78 is 5.04. The average Bonchev–Trinajstić information content (AvgIpc) is 2.54. The lowest BCUT2D eigenvalue weighted by molar-refractivity contribution is -0.114. The molecule has 0 N–H and O–H groups in total. The fourth-order valence-electron chi connectivity index (χ4n) is 1.85. The molecule has 0 aliphatic carbocycles. The van der Waals surface area contributed by atoms with E-state index in [1.165, 1.54) is 12.0 Å². The van der Waals surface area contributed by atoms with Crippen LogP contribution in [0, 0.1) is 0 Å². The molecule has 4 heteroatoms. The number of fused-ring (bicyclic) bond motifs is 1. The SMILES string of the molecule is CCCN1C(=O)C(=O)c2cc(OC)ccc21. The number of carbonyl (C=O) groups is 2. The van der Waals surface area contributed by atoms with Crippen molar-refractivity contribution >= 4 is 17.4 Å². The van der Waals surface area contributed by atoms with E-state index in [2.05, 4.69) is 0 Å². The highest BCUT2D eigenvalue weighted by Crippen LogP contribution is 2.31. The molecule has 0 spiro atoms. The van der Waals surface area contributed by atoms with Gasteiger partial charge in [-0.2, -0.15) is 0 Å². The lowest BCUT2D eigenvalue weighted by Crippen LogP contribution is -2.30. The topological polar surface area (TPSA) is 46.6 Å². The van der Waals surface area contributed by atoms with Crippen molar-refractivity contribution in [3.8, 4) is 5.75 Å². The number of Topliss-reactive ketones (excluding diaryl/α,β-unsaturated/α-hetero) is 1. The third-order valence-electron chi connectivity index (χ3n) is 2.63. The Morgan fingerprint density at radius 1 is 1.31 bits per heavy atom. The quantitative estimate of drug-likeness (QED) is 0.726.